The average molecular weight is 329 g/mol. The van der Waals surface area contributed by atoms with Crippen LogP contribution in [0.1, 0.15) is 32.6 Å². The molecule has 3 rings (SSSR count). The standard InChI is InChI=1S/C17H23N5O2/c1-12-6-3-4-9-15(12)18-16(23)11-22-20-17(19-21-22)13-7-5-8-14(10-13)24-2/h5,7-8,10,12,15H,3-4,6,9,11H2,1-2H3,(H,18,23). The summed E-state index contributed by atoms with van der Waals surface area (Å²) in [7, 11) is 1.61. The summed E-state index contributed by atoms with van der Waals surface area (Å²) in [5.41, 5.74) is 0.807. The molecule has 24 heavy (non-hydrogen) atoms. The number of hydrogen-bond donors (Lipinski definition) is 1. The van der Waals surface area contributed by atoms with E-state index in [9.17, 15) is 4.79 Å². The topological polar surface area (TPSA) is 81.9 Å². The molecule has 7 heteroatoms. The van der Waals surface area contributed by atoms with Crippen molar-refractivity contribution in [3.05, 3.63) is 24.3 Å². The summed E-state index contributed by atoms with van der Waals surface area (Å²) in [5, 5.41) is 15.4. The van der Waals surface area contributed by atoms with E-state index in [1.54, 1.807) is 7.11 Å². The molecule has 1 amide bonds. The lowest BCUT2D eigenvalue weighted by molar-refractivity contribution is -0.123. The number of aromatic nitrogens is 4. The maximum Gasteiger partial charge on any atom is 0.243 e. The summed E-state index contributed by atoms with van der Waals surface area (Å²) < 4.78 is 5.20. The number of methoxy groups -OCH3 is 1. The molecule has 1 aromatic carbocycles. The maximum absolute atomic E-state index is 12.2. The van der Waals surface area contributed by atoms with Crippen molar-refractivity contribution in [2.75, 3.05) is 7.11 Å². The Bertz CT molecular complexity index is 700. The van der Waals surface area contributed by atoms with Gasteiger partial charge in [-0.3, -0.25) is 4.79 Å². The first-order valence-corrected chi connectivity index (χ1v) is 8.37. The fourth-order valence-electron chi connectivity index (χ4n) is 3.10. The summed E-state index contributed by atoms with van der Waals surface area (Å²) in [6.07, 6.45) is 4.65. The molecule has 0 bridgehead atoms. The molecule has 2 unspecified atom stereocenters. The van der Waals surface area contributed by atoms with Crippen molar-refractivity contribution in [2.45, 2.75) is 45.2 Å². The van der Waals surface area contributed by atoms with Gasteiger partial charge in [0.05, 0.1) is 7.11 Å². The molecule has 1 N–H and O–H groups in total. The van der Waals surface area contributed by atoms with Gasteiger partial charge in [-0.2, -0.15) is 4.80 Å². The predicted octanol–water partition coefficient (Wildman–Crippen LogP) is 2.04. The minimum atomic E-state index is -0.0663. The van der Waals surface area contributed by atoms with Gasteiger partial charge in [0.15, 0.2) is 0 Å². The third-order valence-corrected chi connectivity index (χ3v) is 4.52. The van der Waals surface area contributed by atoms with Crippen LogP contribution in [0.25, 0.3) is 11.4 Å². The Morgan fingerprint density at radius 1 is 1.38 bits per heavy atom. The highest BCUT2D eigenvalue weighted by atomic mass is 16.5. The van der Waals surface area contributed by atoms with Gasteiger partial charge in [-0.25, -0.2) is 0 Å². The van der Waals surface area contributed by atoms with E-state index in [-0.39, 0.29) is 18.5 Å². The fourth-order valence-corrected chi connectivity index (χ4v) is 3.10. The smallest absolute Gasteiger partial charge is 0.243 e. The molecular formula is C17H23N5O2. The number of nitrogens with zero attached hydrogens (tertiary/aromatic N) is 4. The van der Waals surface area contributed by atoms with Crippen LogP contribution in [-0.2, 0) is 11.3 Å². The molecule has 2 atom stereocenters. The molecule has 1 heterocycles. The van der Waals surface area contributed by atoms with E-state index in [0.717, 1.165) is 17.7 Å². The van der Waals surface area contributed by atoms with Gasteiger partial charge < -0.3 is 10.1 Å². The lowest BCUT2D eigenvalue weighted by Crippen LogP contribution is -2.42. The van der Waals surface area contributed by atoms with Crippen molar-refractivity contribution in [3.8, 4) is 17.1 Å². The molecule has 2 aromatic rings. The Labute approximate surface area is 141 Å². The largest absolute Gasteiger partial charge is 0.497 e. The van der Waals surface area contributed by atoms with Crippen molar-refractivity contribution in [1.29, 1.82) is 0 Å². The van der Waals surface area contributed by atoms with Crippen LogP contribution >= 0.6 is 0 Å². The molecule has 0 spiro atoms. The number of ether oxygens (including phenoxy) is 1. The van der Waals surface area contributed by atoms with Crippen molar-refractivity contribution in [1.82, 2.24) is 25.5 Å². The summed E-state index contributed by atoms with van der Waals surface area (Å²) in [6.45, 7) is 2.28. The molecule has 1 aromatic heterocycles. The first kappa shape index (κ1) is 16.4. The highest BCUT2D eigenvalue weighted by Gasteiger charge is 2.23. The number of benzene rings is 1. The Kier molecular flexibility index (Phi) is 5.08. The lowest BCUT2D eigenvalue weighted by atomic mass is 9.86. The summed E-state index contributed by atoms with van der Waals surface area (Å²) >= 11 is 0. The first-order chi connectivity index (χ1) is 11.7. The Morgan fingerprint density at radius 3 is 3.00 bits per heavy atom. The molecule has 1 fully saturated rings. The van der Waals surface area contributed by atoms with Crippen LogP contribution < -0.4 is 10.1 Å². The van der Waals surface area contributed by atoms with Gasteiger partial charge in [0.2, 0.25) is 11.7 Å². The van der Waals surface area contributed by atoms with Crippen molar-refractivity contribution < 1.29 is 9.53 Å². The van der Waals surface area contributed by atoms with Crippen molar-refractivity contribution in [3.63, 3.8) is 0 Å². The van der Waals surface area contributed by atoms with E-state index in [0.29, 0.717) is 11.7 Å². The highest BCUT2D eigenvalue weighted by Crippen LogP contribution is 2.23. The fraction of sp³-hybridized carbons (Fsp3) is 0.529. The van der Waals surface area contributed by atoms with Gasteiger partial charge >= 0.3 is 0 Å². The third-order valence-electron chi connectivity index (χ3n) is 4.52. The van der Waals surface area contributed by atoms with Crippen LogP contribution in [0.3, 0.4) is 0 Å². The monoisotopic (exact) mass is 329 g/mol. The van der Waals surface area contributed by atoms with Gasteiger partial charge in [-0.15, -0.1) is 10.2 Å². The van der Waals surface area contributed by atoms with Crippen LogP contribution in [0.4, 0.5) is 0 Å². The summed E-state index contributed by atoms with van der Waals surface area (Å²) in [6, 6.07) is 7.70. The van der Waals surface area contributed by atoms with Crippen molar-refractivity contribution >= 4 is 5.91 Å². The Balaban J connectivity index is 1.62. The van der Waals surface area contributed by atoms with Crippen LogP contribution in [0.2, 0.25) is 0 Å². The molecule has 0 radical (unpaired) electrons. The zero-order valence-electron chi connectivity index (χ0n) is 14.1. The number of carbonyl (C=O) groups excluding carboxylic acids is 1. The van der Waals surface area contributed by atoms with Gasteiger partial charge in [0.1, 0.15) is 12.3 Å². The maximum atomic E-state index is 12.2. The number of rotatable bonds is 5. The van der Waals surface area contributed by atoms with Gasteiger partial charge in [-0.05, 0) is 36.1 Å². The molecule has 1 aliphatic carbocycles. The number of carbonyl (C=O) groups is 1. The molecule has 0 saturated heterocycles. The van der Waals surface area contributed by atoms with Gasteiger partial charge in [-0.1, -0.05) is 31.9 Å². The van der Waals surface area contributed by atoms with Crippen LogP contribution in [-0.4, -0.2) is 39.3 Å². The predicted molar refractivity (Wildman–Crippen MR) is 89.4 cm³/mol. The van der Waals surface area contributed by atoms with Crippen LogP contribution in [0.15, 0.2) is 24.3 Å². The average Bonchev–Trinajstić information content (AvgIpc) is 3.05. The number of hydrogen-bond acceptors (Lipinski definition) is 5. The van der Waals surface area contributed by atoms with E-state index in [2.05, 4.69) is 27.7 Å². The second kappa shape index (κ2) is 7.42. The van der Waals surface area contributed by atoms with E-state index >= 15 is 0 Å². The van der Waals surface area contributed by atoms with Crippen LogP contribution in [0.5, 0.6) is 5.75 Å². The third kappa shape index (κ3) is 3.90. The summed E-state index contributed by atoms with van der Waals surface area (Å²) in [5.74, 6) is 1.67. The molecule has 1 aliphatic rings. The van der Waals surface area contributed by atoms with Crippen LogP contribution in [0, 0.1) is 5.92 Å². The molecule has 1 saturated carbocycles. The van der Waals surface area contributed by atoms with Crippen molar-refractivity contribution in [2.24, 2.45) is 5.92 Å². The van der Waals surface area contributed by atoms with E-state index in [4.69, 9.17) is 4.74 Å². The second-order valence-corrected chi connectivity index (χ2v) is 6.31. The number of tetrazole rings is 1. The van der Waals surface area contributed by atoms with E-state index < -0.39 is 0 Å². The first-order valence-electron chi connectivity index (χ1n) is 8.37. The molecule has 0 aliphatic heterocycles. The quantitative estimate of drug-likeness (QED) is 0.908. The normalized spacial score (nSPS) is 20.6. The minimum absolute atomic E-state index is 0.0663. The Morgan fingerprint density at radius 2 is 2.21 bits per heavy atom. The van der Waals surface area contributed by atoms with E-state index in [1.807, 2.05) is 24.3 Å². The lowest BCUT2D eigenvalue weighted by Gasteiger charge is -2.29. The number of nitrogens with one attached hydrogen (secondary N) is 1. The zero-order chi connectivity index (χ0) is 16.9. The minimum Gasteiger partial charge on any atom is -0.497 e. The zero-order valence-corrected chi connectivity index (χ0v) is 14.1. The number of amides is 1. The molecule has 128 valence electrons. The summed E-state index contributed by atoms with van der Waals surface area (Å²) in [4.78, 5) is 13.5. The SMILES string of the molecule is COc1cccc(-c2nnn(CC(=O)NC3CCCCC3C)n2)c1. The van der Waals surface area contributed by atoms with Gasteiger partial charge in [0.25, 0.3) is 0 Å². The molecular weight excluding hydrogens is 306 g/mol. The second-order valence-electron chi connectivity index (χ2n) is 6.31. The molecule has 7 nitrogen and oxygen atoms in total. The van der Waals surface area contributed by atoms with Gasteiger partial charge in [0, 0.05) is 11.6 Å². The Hall–Kier alpha value is -2.44. The van der Waals surface area contributed by atoms with E-state index in [1.165, 1.54) is 24.1 Å². The highest BCUT2D eigenvalue weighted by molar-refractivity contribution is 5.75.